The monoisotopic (exact) mass is 358 g/mol. The van der Waals surface area contributed by atoms with Crippen LogP contribution in [0.5, 0.6) is 0 Å². The van der Waals surface area contributed by atoms with Gasteiger partial charge in [-0.05, 0) is 24.3 Å². The average Bonchev–Trinajstić information content (AvgIpc) is 3.17. The summed E-state index contributed by atoms with van der Waals surface area (Å²) in [7, 11) is 0. The van der Waals surface area contributed by atoms with Crippen LogP contribution in [-0.2, 0) is 11.2 Å². The van der Waals surface area contributed by atoms with E-state index in [-0.39, 0.29) is 18.7 Å². The van der Waals surface area contributed by atoms with E-state index in [9.17, 15) is 18.7 Å². The van der Waals surface area contributed by atoms with Crippen LogP contribution in [-0.4, -0.2) is 65.1 Å². The molecule has 0 unspecified atom stereocenters. The predicted molar refractivity (Wildman–Crippen MR) is 89.4 cm³/mol. The maximum Gasteiger partial charge on any atom is 0.250 e. The first-order valence-corrected chi connectivity index (χ1v) is 9.36. The van der Waals surface area contributed by atoms with Crippen molar-refractivity contribution in [2.75, 3.05) is 32.7 Å². The van der Waals surface area contributed by atoms with Crippen molar-refractivity contribution >= 4 is 17.2 Å². The molecular formula is C17H24F2N2O2S. The van der Waals surface area contributed by atoms with Crippen molar-refractivity contribution in [3.05, 3.63) is 22.4 Å². The number of rotatable bonds is 5. The van der Waals surface area contributed by atoms with E-state index < -0.39 is 11.5 Å². The Bertz CT molecular complexity index is 557. The highest BCUT2D eigenvalue weighted by atomic mass is 32.1. The fraction of sp³-hybridized carbons (Fsp3) is 0.706. The lowest BCUT2D eigenvalue weighted by Gasteiger charge is -2.36. The summed E-state index contributed by atoms with van der Waals surface area (Å²) in [4.78, 5) is 17.1. The van der Waals surface area contributed by atoms with Gasteiger partial charge in [0.05, 0.1) is 12.1 Å². The number of carbonyl (C=O) groups excluding carboxylic acids is 1. The number of halogens is 2. The minimum atomic E-state index is -2.57. The van der Waals surface area contributed by atoms with Crippen LogP contribution in [0, 0.1) is 0 Å². The quantitative estimate of drug-likeness (QED) is 0.879. The number of nitrogens with zero attached hydrogens (tertiary/aromatic N) is 2. The van der Waals surface area contributed by atoms with Crippen molar-refractivity contribution in [3.8, 4) is 0 Å². The van der Waals surface area contributed by atoms with Gasteiger partial charge in [0.1, 0.15) is 0 Å². The van der Waals surface area contributed by atoms with E-state index in [2.05, 4.69) is 0 Å². The number of aryl methyl sites for hydroxylation is 1. The van der Waals surface area contributed by atoms with E-state index in [1.807, 2.05) is 22.4 Å². The molecule has 3 rings (SSSR count). The number of carbonyl (C=O) groups is 1. The number of alkyl halides is 2. The zero-order valence-corrected chi connectivity index (χ0v) is 14.5. The molecule has 0 aromatic carbocycles. The third kappa shape index (κ3) is 4.52. The van der Waals surface area contributed by atoms with Crippen LogP contribution >= 0.6 is 11.3 Å². The van der Waals surface area contributed by atoms with E-state index in [1.165, 1.54) is 4.88 Å². The summed E-state index contributed by atoms with van der Waals surface area (Å²) in [6.07, 6.45) is 1.41. The lowest BCUT2D eigenvalue weighted by atomic mass is 10.00. The van der Waals surface area contributed by atoms with Gasteiger partial charge in [-0.15, -0.1) is 11.3 Å². The summed E-state index contributed by atoms with van der Waals surface area (Å²) in [6, 6.07) is 3.99. The molecule has 2 saturated heterocycles. The summed E-state index contributed by atoms with van der Waals surface area (Å²) in [6.45, 7) is 1.84. The van der Waals surface area contributed by atoms with Crippen LogP contribution in [0.1, 0.15) is 30.6 Å². The second-order valence-corrected chi connectivity index (χ2v) is 8.03. The molecule has 1 aromatic rings. The maximum atomic E-state index is 13.2. The summed E-state index contributed by atoms with van der Waals surface area (Å²) < 4.78 is 26.4. The van der Waals surface area contributed by atoms with Gasteiger partial charge < -0.3 is 10.0 Å². The Morgan fingerprint density at radius 3 is 2.67 bits per heavy atom. The number of likely N-dealkylation sites (tertiary alicyclic amines) is 2. The number of piperidine rings is 1. The van der Waals surface area contributed by atoms with Crippen molar-refractivity contribution in [1.29, 1.82) is 0 Å². The van der Waals surface area contributed by atoms with Crippen molar-refractivity contribution < 1.29 is 18.7 Å². The number of amides is 1. The molecule has 2 aliphatic heterocycles. The Hall–Kier alpha value is -1.05. The molecule has 1 atom stereocenters. The lowest BCUT2D eigenvalue weighted by molar-refractivity contribution is -0.131. The highest BCUT2D eigenvalue weighted by Crippen LogP contribution is 2.30. The molecule has 1 N–H and O–H groups in total. The van der Waals surface area contributed by atoms with Crippen LogP contribution in [0.4, 0.5) is 8.78 Å². The van der Waals surface area contributed by atoms with Gasteiger partial charge in [0.15, 0.2) is 0 Å². The first kappa shape index (κ1) is 17.8. The Morgan fingerprint density at radius 1 is 1.25 bits per heavy atom. The SMILES string of the molecule is O=C(CCc1cccs1)N1CC[C@@](O)(CN2CCC(F)(F)CC2)C1. The standard InChI is InChI=1S/C17H24F2N2O2S/c18-17(19)6-8-20(9-7-17)12-16(23)5-10-21(13-16)15(22)4-3-14-2-1-11-24-14/h1-2,11,23H,3-10,12-13H2/t16-/m1/s1. The lowest BCUT2D eigenvalue weighted by Crippen LogP contribution is -2.49. The van der Waals surface area contributed by atoms with Gasteiger partial charge in [-0.2, -0.15) is 0 Å². The molecule has 2 fully saturated rings. The van der Waals surface area contributed by atoms with Crippen molar-refractivity contribution in [1.82, 2.24) is 9.80 Å². The number of thiophene rings is 1. The molecule has 1 amide bonds. The third-order valence-corrected chi connectivity index (χ3v) is 5.89. The molecule has 1 aromatic heterocycles. The number of aliphatic hydroxyl groups is 1. The minimum Gasteiger partial charge on any atom is -0.387 e. The van der Waals surface area contributed by atoms with Gasteiger partial charge in [-0.3, -0.25) is 9.69 Å². The topological polar surface area (TPSA) is 43.8 Å². The van der Waals surface area contributed by atoms with Gasteiger partial charge in [0.25, 0.3) is 5.92 Å². The van der Waals surface area contributed by atoms with Crippen LogP contribution < -0.4 is 0 Å². The molecular weight excluding hydrogens is 334 g/mol. The second kappa shape index (κ2) is 7.06. The van der Waals surface area contributed by atoms with Gasteiger partial charge in [0.2, 0.25) is 5.91 Å². The maximum absolute atomic E-state index is 13.2. The summed E-state index contributed by atoms with van der Waals surface area (Å²) >= 11 is 1.64. The van der Waals surface area contributed by atoms with Crippen LogP contribution in [0.15, 0.2) is 17.5 Å². The minimum absolute atomic E-state index is 0.0597. The molecule has 24 heavy (non-hydrogen) atoms. The van der Waals surface area contributed by atoms with Crippen molar-refractivity contribution in [3.63, 3.8) is 0 Å². The van der Waals surface area contributed by atoms with Crippen LogP contribution in [0.3, 0.4) is 0 Å². The summed E-state index contributed by atoms with van der Waals surface area (Å²) in [5.41, 5.74) is -0.967. The fourth-order valence-electron chi connectivity index (χ4n) is 3.50. The molecule has 0 bridgehead atoms. The average molecular weight is 358 g/mol. The predicted octanol–water partition coefficient (Wildman–Crippen LogP) is 2.38. The highest BCUT2D eigenvalue weighted by Gasteiger charge is 2.41. The Labute approximate surface area is 145 Å². The molecule has 2 aliphatic rings. The molecule has 7 heteroatoms. The van der Waals surface area contributed by atoms with Gasteiger partial charge in [-0.25, -0.2) is 8.78 Å². The van der Waals surface area contributed by atoms with Crippen LogP contribution in [0.2, 0.25) is 0 Å². The second-order valence-electron chi connectivity index (χ2n) is 7.00. The number of hydrogen-bond donors (Lipinski definition) is 1. The molecule has 0 spiro atoms. The van der Waals surface area contributed by atoms with Gasteiger partial charge >= 0.3 is 0 Å². The molecule has 4 nitrogen and oxygen atoms in total. The normalized spacial score (nSPS) is 27.5. The van der Waals surface area contributed by atoms with E-state index in [0.717, 1.165) is 6.42 Å². The molecule has 0 aliphatic carbocycles. The third-order valence-electron chi connectivity index (χ3n) is 4.96. The first-order valence-electron chi connectivity index (χ1n) is 8.48. The van der Waals surface area contributed by atoms with Crippen molar-refractivity contribution in [2.24, 2.45) is 0 Å². The largest absolute Gasteiger partial charge is 0.387 e. The Balaban J connectivity index is 1.46. The smallest absolute Gasteiger partial charge is 0.250 e. The summed E-state index contributed by atoms with van der Waals surface area (Å²) in [5.74, 6) is -2.51. The highest BCUT2D eigenvalue weighted by molar-refractivity contribution is 7.09. The van der Waals surface area contributed by atoms with Crippen LogP contribution in [0.25, 0.3) is 0 Å². The van der Waals surface area contributed by atoms with Gasteiger partial charge in [0, 0.05) is 50.3 Å². The Kier molecular flexibility index (Phi) is 5.22. The first-order chi connectivity index (χ1) is 11.4. The van der Waals surface area contributed by atoms with E-state index in [1.54, 1.807) is 16.2 Å². The molecule has 0 radical (unpaired) electrons. The zero-order chi connectivity index (χ0) is 17.2. The molecule has 0 saturated carbocycles. The molecule has 134 valence electrons. The summed E-state index contributed by atoms with van der Waals surface area (Å²) in [5, 5.41) is 12.7. The zero-order valence-electron chi connectivity index (χ0n) is 13.7. The Morgan fingerprint density at radius 2 is 2.00 bits per heavy atom. The van der Waals surface area contributed by atoms with Gasteiger partial charge in [-0.1, -0.05) is 6.07 Å². The van der Waals surface area contributed by atoms with E-state index in [0.29, 0.717) is 45.6 Å². The van der Waals surface area contributed by atoms with E-state index >= 15 is 0 Å². The van der Waals surface area contributed by atoms with Crippen molar-refractivity contribution in [2.45, 2.75) is 43.6 Å². The number of β-amino-alcohol motifs (C(OH)–C–C–N with tert-alkyl or cyclic N) is 1. The number of hydrogen-bond acceptors (Lipinski definition) is 4. The fourth-order valence-corrected chi connectivity index (χ4v) is 4.20. The molecule has 3 heterocycles. The van der Waals surface area contributed by atoms with E-state index in [4.69, 9.17) is 0 Å².